The van der Waals surface area contributed by atoms with Crippen LogP contribution in [-0.2, 0) is 0 Å². The molecule has 0 bridgehead atoms. The lowest BCUT2D eigenvalue weighted by Crippen LogP contribution is -2.53. The highest BCUT2D eigenvalue weighted by Crippen LogP contribution is 2.67. The molecule has 2 N–H and O–H groups in total. The molecule has 4 aliphatic rings. The van der Waals surface area contributed by atoms with Crippen LogP contribution in [0.5, 0.6) is 0 Å². The van der Waals surface area contributed by atoms with Crippen molar-refractivity contribution in [1.82, 2.24) is 0 Å². The Balaban J connectivity index is 1.57. The SMILES string of the molecule is CC(O)C#C[C@H]1CC[C@H]2[C@@H]3CC[C@H]4C[C@H](O)CC[C@]4(C)[C@H]3CC[C@]12C. The Bertz CT molecular complexity index is 572. The van der Waals surface area contributed by atoms with E-state index < -0.39 is 6.10 Å². The van der Waals surface area contributed by atoms with Gasteiger partial charge in [-0.1, -0.05) is 25.7 Å². The molecule has 0 aliphatic heterocycles. The molecular weight excluding hydrogens is 308 g/mol. The van der Waals surface area contributed by atoms with Crippen LogP contribution in [0.25, 0.3) is 0 Å². The Morgan fingerprint density at radius 1 is 0.920 bits per heavy atom. The topological polar surface area (TPSA) is 40.5 Å². The summed E-state index contributed by atoms with van der Waals surface area (Å²) < 4.78 is 0. The fourth-order valence-electron chi connectivity index (χ4n) is 7.69. The summed E-state index contributed by atoms with van der Waals surface area (Å²) in [6.07, 6.45) is 10.7. The predicted octanol–water partition coefficient (Wildman–Crippen LogP) is 4.39. The van der Waals surface area contributed by atoms with Crippen LogP contribution in [0, 0.1) is 52.3 Å². The third-order valence-electron chi connectivity index (χ3n) is 9.10. The number of aliphatic hydroxyl groups excluding tert-OH is 2. The molecule has 0 heterocycles. The molecular formula is C23H36O2. The largest absolute Gasteiger partial charge is 0.393 e. The second kappa shape index (κ2) is 6.28. The summed E-state index contributed by atoms with van der Waals surface area (Å²) in [5.41, 5.74) is 0.827. The molecule has 0 saturated heterocycles. The summed E-state index contributed by atoms with van der Waals surface area (Å²) in [6, 6.07) is 0. The Kier molecular flexibility index (Phi) is 4.49. The van der Waals surface area contributed by atoms with E-state index in [4.69, 9.17) is 0 Å². The van der Waals surface area contributed by atoms with E-state index in [-0.39, 0.29) is 6.10 Å². The van der Waals surface area contributed by atoms with E-state index in [2.05, 4.69) is 25.7 Å². The van der Waals surface area contributed by atoms with Crippen molar-refractivity contribution in [3.63, 3.8) is 0 Å². The molecule has 0 spiro atoms. The quantitative estimate of drug-likeness (QED) is 0.640. The highest BCUT2D eigenvalue weighted by Gasteiger charge is 2.59. The van der Waals surface area contributed by atoms with Crippen molar-refractivity contribution < 1.29 is 10.2 Å². The number of hydrogen-bond acceptors (Lipinski definition) is 2. The van der Waals surface area contributed by atoms with Gasteiger partial charge in [0.15, 0.2) is 0 Å². The van der Waals surface area contributed by atoms with Gasteiger partial charge in [-0.15, -0.1) is 0 Å². The Hall–Kier alpha value is -0.520. The van der Waals surface area contributed by atoms with E-state index >= 15 is 0 Å². The van der Waals surface area contributed by atoms with Crippen molar-refractivity contribution in [2.24, 2.45) is 40.4 Å². The van der Waals surface area contributed by atoms with Gasteiger partial charge in [0.25, 0.3) is 0 Å². The smallest absolute Gasteiger partial charge is 0.111 e. The number of rotatable bonds is 0. The van der Waals surface area contributed by atoms with Gasteiger partial charge in [0.05, 0.1) is 6.10 Å². The van der Waals surface area contributed by atoms with E-state index in [1.807, 2.05) is 0 Å². The minimum Gasteiger partial charge on any atom is -0.393 e. The van der Waals surface area contributed by atoms with Crippen molar-refractivity contribution >= 4 is 0 Å². The van der Waals surface area contributed by atoms with Gasteiger partial charge >= 0.3 is 0 Å². The van der Waals surface area contributed by atoms with Crippen molar-refractivity contribution in [1.29, 1.82) is 0 Å². The van der Waals surface area contributed by atoms with Gasteiger partial charge in [0.2, 0.25) is 0 Å². The van der Waals surface area contributed by atoms with Crippen molar-refractivity contribution in [2.45, 2.75) is 90.8 Å². The Morgan fingerprint density at radius 2 is 1.64 bits per heavy atom. The van der Waals surface area contributed by atoms with Gasteiger partial charge in [-0.25, -0.2) is 0 Å². The molecule has 1 unspecified atom stereocenters. The molecule has 25 heavy (non-hydrogen) atoms. The van der Waals surface area contributed by atoms with Crippen LogP contribution in [0.15, 0.2) is 0 Å². The Morgan fingerprint density at radius 3 is 2.40 bits per heavy atom. The zero-order valence-electron chi connectivity index (χ0n) is 16.3. The maximum atomic E-state index is 10.2. The molecule has 4 aliphatic carbocycles. The second-order valence-electron chi connectivity index (χ2n) is 10.2. The number of hydrogen-bond donors (Lipinski definition) is 2. The molecule has 4 fully saturated rings. The van der Waals surface area contributed by atoms with Crippen LogP contribution >= 0.6 is 0 Å². The highest BCUT2D eigenvalue weighted by molar-refractivity contribution is 5.18. The van der Waals surface area contributed by atoms with Crippen LogP contribution < -0.4 is 0 Å². The third kappa shape index (κ3) is 2.78. The highest BCUT2D eigenvalue weighted by atomic mass is 16.3. The molecule has 140 valence electrons. The lowest BCUT2D eigenvalue weighted by atomic mass is 9.44. The van der Waals surface area contributed by atoms with Crippen molar-refractivity contribution in [2.75, 3.05) is 0 Å². The molecule has 2 heteroatoms. The molecule has 0 aromatic rings. The summed E-state index contributed by atoms with van der Waals surface area (Å²) in [5.74, 6) is 10.3. The third-order valence-corrected chi connectivity index (χ3v) is 9.10. The summed E-state index contributed by atoms with van der Waals surface area (Å²) >= 11 is 0. The minimum absolute atomic E-state index is 0.0462. The lowest BCUT2D eigenvalue weighted by Gasteiger charge is -2.60. The molecule has 0 amide bonds. The van der Waals surface area contributed by atoms with E-state index in [1.54, 1.807) is 6.92 Å². The van der Waals surface area contributed by atoms with Crippen LogP contribution in [0.2, 0.25) is 0 Å². The molecule has 0 radical (unpaired) electrons. The minimum atomic E-state index is -0.498. The maximum absolute atomic E-state index is 10.2. The van der Waals surface area contributed by atoms with Gasteiger partial charge in [-0.05, 0) is 99.2 Å². The zero-order valence-corrected chi connectivity index (χ0v) is 16.3. The monoisotopic (exact) mass is 344 g/mol. The fraction of sp³-hybridized carbons (Fsp3) is 0.913. The molecule has 0 aromatic heterocycles. The van der Waals surface area contributed by atoms with Gasteiger partial charge in [-0.2, -0.15) is 0 Å². The fourth-order valence-corrected chi connectivity index (χ4v) is 7.69. The summed E-state index contributed by atoms with van der Waals surface area (Å²) in [6.45, 7) is 6.84. The van der Waals surface area contributed by atoms with Gasteiger partial charge in [0, 0.05) is 5.92 Å². The van der Waals surface area contributed by atoms with E-state index in [9.17, 15) is 10.2 Å². The van der Waals surface area contributed by atoms with Gasteiger partial charge < -0.3 is 10.2 Å². The second-order valence-corrected chi connectivity index (χ2v) is 10.2. The van der Waals surface area contributed by atoms with Crippen LogP contribution in [0.3, 0.4) is 0 Å². The average Bonchev–Trinajstić information content (AvgIpc) is 2.90. The van der Waals surface area contributed by atoms with E-state index in [0.29, 0.717) is 16.7 Å². The number of fused-ring (bicyclic) bond motifs is 5. The zero-order chi connectivity index (χ0) is 17.8. The van der Waals surface area contributed by atoms with Gasteiger partial charge in [0.1, 0.15) is 6.10 Å². The standard InChI is InChI=1S/C23H36O2/c1-15(24)4-5-16-7-9-20-19-8-6-17-14-18(25)10-12-23(17,3)21(19)11-13-22(16,20)2/h15-21,24-25H,6-14H2,1-3H3/t15?,16-,17-,18+,19-,20-,21-,22+,23-/m0/s1. The first-order valence-corrected chi connectivity index (χ1v) is 10.7. The van der Waals surface area contributed by atoms with E-state index in [1.165, 1.54) is 44.9 Å². The summed E-state index contributed by atoms with van der Waals surface area (Å²) in [5, 5.41) is 19.7. The van der Waals surface area contributed by atoms with E-state index in [0.717, 1.165) is 36.5 Å². The molecule has 0 aromatic carbocycles. The predicted molar refractivity (Wildman–Crippen MR) is 101 cm³/mol. The normalized spacial score (nSPS) is 53.0. The molecule has 4 rings (SSSR count). The first-order valence-electron chi connectivity index (χ1n) is 10.7. The van der Waals surface area contributed by atoms with Crippen LogP contribution in [0.4, 0.5) is 0 Å². The van der Waals surface area contributed by atoms with Gasteiger partial charge in [-0.3, -0.25) is 0 Å². The average molecular weight is 345 g/mol. The molecule has 2 nitrogen and oxygen atoms in total. The first kappa shape index (κ1) is 17.9. The lowest BCUT2D eigenvalue weighted by molar-refractivity contribution is -0.124. The number of aliphatic hydroxyl groups is 2. The van der Waals surface area contributed by atoms with Crippen LogP contribution in [0.1, 0.15) is 78.6 Å². The maximum Gasteiger partial charge on any atom is 0.111 e. The Labute approximate surface area is 153 Å². The van der Waals surface area contributed by atoms with Crippen molar-refractivity contribution in [3.8, 4) is 11.8 Å². The van der Waals surface area contributed by atoms with Crippen molar-refractivity contribution in [3.05, 3.63) is 0 Å². The molecule has 4 saturated carbocycles. The summed E-state index contributed by atoms with van der Waals surface area (Å²) in [4.78, 5) is 0. The summed E-state index contributed by atoms with van der Waals surface area (Å²) in [7, 11) is 0. The van der Waals surface area contributed by atoms with Crippen LogP contribution in [-0.4, -0.2) is 22.4 Å². The first-order chi connectivity index (χ1) is 11.8. The molecule has 9 atom stereocenters.